The minimum absolute atomic E-state index is 0.329. The summed E-state index contributed by atoms with van der Waals surface area (Å²) in [4.78, 5) is 2.45. The first-order valence-electron chi connectivity index (χ1n) is 10.0. The van der Waals surface area contributed by atoms with E-state index in [1.807, 2.05) is 30.3 Å². The van der Waals surface area contributed by atoms with Crippen LogP contribution in [0.3, 0.4) is 0 Å². The number of hydrogen-bond acceptors (Lipinski definition) is 4. The largest absolute Gasteiger partial charge is 0.524 e. The fraction of sp³-hybridized carbons (Fsp3) is 0.0400. The third-order valence-corrected chi connectivity index (χ3v) is 10.9. The standard InChI is InChI=1S/C25H19F3O3S3/c26-25(27,28)34(29,30)31-33(21-14-6-2-7-15-21,22-16-8-3-9-17-22)24-19-11-10-18-23(24)32-20-12-4-1-5-13-20/h1-19H. The molecule has 3 nitrogen and oxygen atoms in total. The zero-order valence-corrected chi connectivity index (χ0v) is 20.0. The molecule has 4 aromatic carbocycles. The molecule has 4 aromatic rings. The Kier molecular flexibility index (Phi) is 7.09. The van der Waals surface area contributed by atoms with Crippen LogP contribution < -0.4 is 0 Å². The van der Waals surface area contributed by atoms with Gasteiger partial charge in [0.25, 0.3) is 0 Å². The van der Waals surface area contributed by atoms with E-state index in [1.165, 1.54) is 11.8 Å². The SMILES string of the molecule is O=S(=O)(OS(c1ccccc1)(c1ccccc1)c1ccccc1Sc1ccccc1)C(F)(F)F. The van der Waals surface area contributed by atoms with E-state index in [0.29, 0.717) is 19.6 Å². The second-order valence-corrected chi connectivity index (χ2v) is 12.5. The highest BCUT2D eigenvalue weighted by Crippen LogP contribution is 2.72. The van der Waals surface area contributed by atoms with Gasteiger partial charge in [-0.05, 0) is 58.8 Å². The molecular weight excluding hydrogens is 501 g/mol. The summed E-state index contributed by atoms with van der Waals surface area (Å²) < 4.78 is 71.4. The molecule has 0 N–H and O–H groups in total. The van der Waals surface area contributed by atoms with Crippen LogP contribution in [0.1, 0.15) is 0 Å². The first-order valence-corrected chi connectivity index (χ1v) is 13.8. The van der Waals surface area contributed by atoms with Gasteiger partial charge < -0.3 is 0 Å². The molecule has 34 heavy (non-hydrogen) atoms. The Morgan fingerprint density at radius 1 is 0.618 bits per heavy atom. The summed E-state index contributed by atoms with van der Waals surface area (Å²) in [6.07, 6.45) is 0. The molecule has 0 saturated heterocycles. The number of alkyl halides is 3. The molecule has 0 aromatic heterocycles. The molecule has 0 radical (unpaired) electrons. The van der Waals surface area contributed by atoms with Crippen molar-refractivity contribution in [2.75, 3.05) is 0 Å². The van der Waals surface area contributed by atoms with Crippen LogP contribution >= 0.6 is 22.1 Å². The van der Waals surface area contributed by atoms with Gasteiger partial charge in [0.05, 0.1) is 0 Å². The Balaban J connectivity index is 2.05. The van der Waals surface area contributed by atoms with Gasteiger partial charge >= 0.3 is 15.6 Å². The van der Waals surface area contributed by atoms with E-state index in [4.69, 9.17) is 3.63 Å². The maximum Gasteiger partial charge on any atom is 0.524 e. The summed E-state index contributed by atoms with van der Waals surface area (Å²) in [5.74, 6) is 0. The lowest BCUT2D eigenvalue weighted by atomic mass is 10.3. The quantitative estimate of drug-likeness (QED) is 0.232. The van der Waals surface area contributed by atoms with Crippen molar-refractivity contribution in [2.45, 2.75) is 30.0 Å². The van der Waals surface area contributed by atoms with Gasteiger partial charge in [-0.1, -0.05) is 78.5 Å². The molecule has 0 fully saturated rings. The van der Waals surface area contributed by atoms with Crippen LogP contribution in [-0.4, -0.2) is 13.9 Å². The third-order valence-electron chi connectivity index (χ3n) is 4.76. The van der Waals surface area contributed by atoms with Crippen molar-refractivity contribution < 1.29 is 25.2 Å². The lowest BCUT2D eigenvalue weighted by Crippen LogP contribution is -2.27. The molecule has 0 unspecified atom stereocenters. The number of hydrogen-bond donors (Lipinski definition) is 0. The maximum absolute atomic E-state index is 13.7. The number of halogens is 3. The molecule has 9 heteroatoms. The zero-order valence-electron chi connectivity index (χ0n) is 17.6. The van der Waals surface area contributed by atoms with E-state index in [1.54, 1.807) is 84.9 Å². The third kappa shape index (κ3) is 4.88. The topological polar surface area (TPSA) is 43.4 Å². The van der Waals surface area contributed by atoms with E-state index in [2.05, 4.69) is 0 Å². The Bertz CT molecular complexity index is 1310. The summed E-state index contributed by atoms with van der Waals surface area (Å²) in [6.45, 7) is 0. The van der Waals surface area contributed by atoms with Crippen molar-refractivity contribution in [3.63, 3.8) is 0 Å². The Morgan fingerprint density at radius 2 is 1.06 bits per heavy atom. The van der Waals surface area contributed by atoms with Gasteiger partial charge in [0.15, 0.2) is 0 Å². The molecule has 4 rings (SSSR count). The van der Waals surface area contributed by atoms with Gasteiger partial charge in [-0.3, -0.25) is 0 Å². The predicted octanol–water partition coefficient (Wildman–Crippen LogP) is 7.90. The van der Waals surface area contributed by atoms with Gasteiger partial charge in [-0.2, -0.15) is 25.2 Å². The molecule has 0 aliphatic heterocycles. The highest BCUT2D eigenvalue weighted by Gasteiger charge is 2.52. The van der Waals surface area contributed by atoms with Gasteiger partial charge in [0, 0.05) is 24.5 Å². The highest BCUT2D eigenvalue weighted by molar-refractivity contribution is 8.33. The summed E-state index contributed by atoms with van der Waals surface area (Å²) in [5, 5.41) is 0. The van der Waals surface area contributed by atoms with Crippen LogP contribution in [-0.2, 0) is 13.7 Å². The van der Waals surface area contributed by atoms with E-state index in [-0.39, 0.29) is 0 Å². The van der Waals surface area contributed by atoms with Crippen molar-refractivity contribution in [1.82, 2.24) is 0 Å². The Hall–Kier alpha value is -2.72. The van der Waals surface area contributed by atoms with Gasteiger partial charge in [0.2, 0.25) is 0 Å². The second-order valence-electron chi connectivity index (χ2n) is 7.01. The van der Waals surface area contributed by atoms with E-state index in [9.17, 15) is 21.6 Å². The molecule has 0 aliphatic rings. The minimum Gasteiger partial charge on any atom is -0.200 e. The van der Waals surface area contributed by atoms with Crippen LogP contribution in [0.15, 0.2) is 140 Å². The molecule has 176 valence electrons. The molecule has 0 atom stereocenters. The van der Waals surface area contributed by atoms with Crippen molar-refractivity contribution in [3.05, 3.63) is 115 Å². The van der Waals surface area contributed by atoms with Gasteiger partial charge in [-0.15, -0.1) is 0 Å². The zero-order chi connectivity index (χ0) is 24.2. The van der Waals surface area contributed by atoms with Gasteiger partial charge in [0.1, 0.15) is 0 Å². The number of benzene rings is 4. The van der Waals surface area contributed by atoms with Crippen LogP contribution in [0, 0.1) is 0 Å². The molecular formula is C25H19F3O3S3. The molecule has 0 saturated carbocycles. The highest BCUT2D eigenvalue weighted by atomic mass is 32.3. The van der Waals surface area contributed by atoms with Crippen LogP contribution in [0.4, 0.5) is 13.2 Å². The molecule has 0 bridgehead atoms. The smallest absolute Gasteiger partial charge is 0.200 e. The molecule has 0 amide bonds. The molecule has 0 spiro atoms. The number of rotatable bonds is 7. The van der Waals surface area contributed by atoms with Crippen LogP contribution in [0.2, 0.25) is 0 Å². The van der Waals surface area contributed by atoms with Crippen LogP contribution in [0.25, 0.3) is 0 Å². The van der Waals surface area contributed by atoms with Crippen molar-refractivity contribution in [2.24, 2.45) is 0 Å². The van der Waals surface area contributed by atoms with Crippen molar-refractivity contribution >= 4 is 32.2 Å². The lowest BCUT2D eigenvalue weighted by molar-refractivity contribution is -0.0496. The predicted molar refractivity (Wildman–Crippen MR) is 128 cm³/mol. The average Bonchev–Trinajstić information content (AvgIpc) is 2.84. The normalized spacial score (nSPS) is 12.9. The van der Waals surface area contributed by atoms with E-state index < -0.39 is 25.9 Å². The molecule has 0 aliphatic carbocycles. The summed E-state index contributed by atoms with van der Waals surface area (Å²) in [7, 11) is -9.31. The van der Waals surface area contributed by atoms with Crippen molar-refractivity contribution in [1.29, 1.82) is 0 Å². The summed E-state index contributed by atoms with van der Waals surface area (Å²) in [6, 6.07) is 32.5. The van der Waals surface area contributed by atoms with E-state index in [0.717, 1.165) is 4.90 Å². The lowest BCUT2D eigenvalue weighted by Gasteiger charge is -2.40. The monoisotopic (exact) mass is 520 g/mol. The average molecular weight is 521 g/mol. The van der Waals surface area contributed by atoms with Crippen LogP contribution in [0.5, 0.6) is 0 Å². The van der Waals surface area contributed by atoms with Crippen molar-refractivity contribution in [3.8, 4) is 0 Å². The Morgan fingerprint density at radius 3 is 1.56 bits per heavy atom. The summed E-state index contributed by atoms with van der Waals surface area (Å²) >= 11 is 1.33. The maximum atomic E-state index is 13.7. The first-order chi connectivity index (χ1) is 16.2. The Labute approximate surface area is 202 Å². The second kappa shape index (κ2) is 9.87. The van der Waals surface area contributed by atoms with Gasteiger partial charge in [-0.25, -0.2) is 0 Å². The summed E-state index contributed by atoms with van der Waals surface area (Å²) in [5.41, 5.74) is -5.59. The fourth-order valence-corrected chi connectivity index (χ4v) is 9.42. The van der Waals surface area contributed by atoms with E-state index >= 15 is 0 Å². The minimum atomic E-state index is -5.96. The molecule has 0 heterocycles. The first kappa shape index (κ1) is 24.4. The fourth-order valence-electron chi connectivity index (χ4n) is 3.29.